The fourth-order valence-corrected chi connectivity index (χ4v) is 5.72. The van der Waals surface area contributed by atoms with Gasteiger partial charge in [-0.3, -0.25) is 0 Å². The Balaban J connectivity index is 1.08. The lowest BCUT2D eigenvalue weighted by Crippen LogP contribution is -2.32. The zero-order valence-corrected chi connectivity index (χ0v) is 27.2. The Bertz CT molecular complexity index is 1750. The average molecular weight is 612 g/mol. The zero-order chi connectivity index (χ0) is 32.0. The number of aromatic nitrogens is 2. The van der Waals surface area contributed by atoms with Crippen molar-refractivity contribution in [3.05, 3.63) is 139 Å². The number of fused-ring (bicyclic) bond motifs is 1. The van der Waals surface area contributed by atoms with Gasteiger partial charge in [-0.1, -0.05) is 61.6 Å². The number of allylic oxidation sites excluding steroid dienone is 2. The minimum atomic E-state index is 0.699. The molecule has 2 heterocycles. The minimum Gasteiger partial charge on any atom is -0.493 e. The number of aromatic amines is 1. The molecule has 5 rings (SSSR count). The predicted octanol–water partition coefficient (Wildman–Crippen LogP) is 10.2. The van der Waals surface area contributed by atoms with Gasteiger partial charge in [-0.05, 0) is 96.7 Å². The van der Waals surface area contributed by atoms with Crippen LogP contribution >= 0.6 is 0 Å². The van der Waals surface area contributed by atoms with E-state index >= 15 is 0 Å². The van der Waals surface area contributed by atoms with E-state index in [-0.39, 0.29) is 0 Å². The van der Waals surface area contributed by atoms with Gasteiger partial charge in [-0.25, -0.2) is 4.57 Å². The lowest BCUT2D eigenvalue weighted by Gasteiger charge is -2.16. The highest BCUT2D eigenvalue weighted by Gasteiger charge is 2.12. The molecule has 0 amide bonds. The Morgan fingerprint density at radius 1 is 0.761 bits per heavy atom. The maximum atomic E-state index is 6.28. The van der Waals surface area contributed by atoms with Gasteiger partial charge < -0.3 is 14.5 Å². The third-order valence-electron chi connectivity index (χ3n) is 8.18. The maximum Gasteiger partial charge on any atom is 0.169 e. The average Bonchev–Trinajstić information content (AvgIpc) is 3.50. The zero-order valence-electron chi connectivity index (χ0n) is 27.2. The molecule has 5 aromatic rings. The molecule has 0 aliphatic carbocycles. The lowest BCUT2D eigenvalue weighted by molar-refractivity contribution is -0.697. The van der Waals surface area contributed by atoms with Crippen molar-refractivity contribution >= 4 is 23.1 Å². The molecule has 0 saturated carbocycles. The van der Waals surface area contributed by atoms with Crippen molar-refractivity contribution in [3.8, 4) is 22.6 Å². The molecule has 4 nitrogen and oxygen atoms in total. The summed E-state index contributed by atoms with van der Waals surface area (Å²) < 4.78 is 14.7. The van der Waals surface area contributed by atoms with E-state index in [9.17, 15) is 0 Å². The highest BCUT2D eigenvalue weighted by Crippen LogP contribution is 2.35. The van der Waals surface area contributed by atoms with Gasteiger partial charge in [0.15, 0.2) is 12.4 Å². The fraction of sp³-hybridized carbons (Fsp3) is 0.262. The highest BCUT2D eigenvalue weighted by molar-refractivity contribution is 5.91. The Kier molecular flexibility index (Phi) is 12.0. The quantitative estimate of drug-likeness (QED) is 0.0608. The minimum absolute atomic E-state index is 0.699. The van der Waals surface area contributed by atoms with Crippen molar-refractivity contribution < 1.29 is 14.0 Å². The molecule has 0 saturated heterocycles. The molecule has 0 unspecified atom stereocenters. The summed E-state index contributed by atoms with van der Waals surface area (Å²) in [5.41, 5.74) is 8.20. The third kappa shape index (κ3) is 8.88. The van der Waals surface area contributed by atoms with Gasteiger partial charge in [-0.2, -0.15) is 0 Å². The molecule has 0 fully saturated rings. The first kappa shape index (κ1) is 32.6. The molecule has 236 valence electrons. The third-order valence-corrected chi connectivity index (χ3v) is 8.18. The first-order chi connectivity index (χ1) is 22.7. The van der Waals surface area contributed by atoms with Gasteiger partial charge in [0.05, 0.1) is 13.2 Å². The van der Waals surface area contributed by atoms with Crippen LogP contribution in [0.15, 0.2) is 117 Å². The second-order valence-electron chi connectivity index (χ2n) is 11.7. The standard InChI is InChI=1S/C42H46N2O2/c1-4-13-34-18-21-42(45-28-6-3)39(30-34)35-20-22-41(36(31-35)14-5-2)46-29-12-8-7-11-25-44-26-23-33(24-27-44)17-19-37-32-43-40-16-10-9-15-38(37)40/h4-5,9-10,15-24,26-27,30-32H,1-2,6-8,11-14,25,28-29H2,3H3/p+1. The van der Waals surface area contributed by atoms with E-state index < -0.39 is 0 Å². The van der Waals surface area contributed by atoms with Crippen LogP contribution < -0.4 is 14.0 Å². The molecular formula is C42H47N2O2+. The SMILES string of the molecule is C=CCc1ccc(OCCC)c(-c2ccc(OCCCCCC[n+]3ccc(/C=C/c4c[nH]c5ccccc45)cc3)c(CC=C)c2)c1. The monoisotopic (exact) mass is 611 g/mol. The predicted molar refractivity (Wildman–Crippen MR) is 193 cm³/mol. The summed E-state index contributed by atoms with van der Waals surface area (Å²) in [6, 6.07) is 25.7. The smallest absolute Gasteiger partial charge is 0.169 e. The van der Waals surface area contributed by atoms with Crippen LogP contribution in [0.5, 0.6) is 11.5 Å². The fourth-order valence-electron chi connectivity index (χ4n) is 5.72. The van der Waals surface area contributed by atoms with E-state index in [2.05, 4.69) is 133 Å². The number of hydrogen-bond donors (Lipinski definition) is 1. The molecule has 0 aliphatic heterocycles. The number of rotatable bonds is 18. The van der Waals surface area contributed by atoms with Gasteiger partial charge in [0.1, 0.15) is 18.0 Å². The van der Waals surface area contributed by atoms with Gasteiger partial charge in [-0.15, -0.1) is 13.2 Å². The number of pyridine rings is 1. The maximum absolute atomic E-state index is 6.28. The van der Waals surface area contributed by atoms with Crippen molar-refractivity contribution in [3.63, 3.8) is 0 Å². The molecule has 2 aromatic heterocycles. The number of para-hydroxylation sites is 1. The summed E-state index contributed by atoms with van der Waals surface area (Å²) in [6.45, 7) is 12.5. The van der Waals surface area contributed by atoms with Gasteiger partial charge >= 0.3 is 0 Å². The number of ether oxygens (including phenoxy) is 2. The summed E-state index contributed by atoms with van der Waals surface area (Å²) in [4.78, 5) is 3.34. The molecule has 0 spiro atoms. The van der Waals surface area contributed by atoms with Crippen LogP contribution in [-0.4, -0.2) is 18.2 Å². The van der Waals surface area contributed by atoms with Crippen LogP contribution in [0.25, 0.3) is 34.2 Å². The van der Waals surface area contributed by atoms with Crippen LogP contribution in [0.4, 0.5) is 0 Å². The Morgan fingerprint density at radius 2 is 1.54 bits per heavy atom. The first-order valence-corrected chi connectivity index (χ1v) is 16.7. The van der Waals surface area contributed by atoms with Crippen molar-refractivity contribution in [2.24, 2.45) is 0 Å². The second-order valence-corrected chi connectivity index (χ2v) is 11.7. The van der Waals surface area contributed by atoms with Gasteiger partial charge in [0.2, 0.25) is 0 Å². The van der Waals surface area contributed by atoms with Crippen LogP contribution in [-0.2, 0) is 19.4 Å². The number of benzene rings is 3. The molecule has 0 atom stereocenters. The number of aryl methyl sites for hydroxylation is 1. The summed E-state index contributed by atoms with van der Waals surface area (Å²) in [5.74, 6) is 1.86. The Labute approximate surface area is 274 Å². The molecule has 4 heteroatoms. The summed E-state index contributed by atoms with van der Waals surface area (Å²) in [7, 11) is 0. The van der Waals surface area contributed by atoms with Crippen LogP contribution in [0.3, 0.4) is 0 Å². The molecule has 0 radical (unpaired) electrons. The van der Waals surface area contributed by atoms with Gasteiger partial charge in [0.25, 0.3) is 0 Å². The molecular weight excluding hydrogens is 564 g/mol. The highest BCUT2D eigenvalue weighted by atomic mass is 16.5. The van der Waals surface area contributed by atoms with E-state index in [0.29, 0.717) is 13.2 Å². The van der Waals surface area contributed by atoms with Gasteiger partial charge in [0, 0.05) is 41.2 Å². The molecule has 46 heavy (non-hydrogen) atoms. The number of nitrogens with one attached hydrogen (secondary N) is 1. The summed E-state index contributed by atoms with van der Waals surface area (Å²) >= 11 is 0. The Hall–Kier alpha value is -4.83. The van der Waals surface area contributed by atoms with E-state index in [1.165, 1.54) is 34.0 Å². The normalized spacial score (nSPS) is 11.2. The molecule has 1 N–H and O–H groups in total. The second kappa shape index (κ2) is 17.0. The number of H-pyrrole nitrogens is 1. The van der Waals surface area contributed by atoms with E-state index in [4.69, 9.17) is 9.47 Å². The van der Waals surface area contributed by atoms with E-state index in [1.54, 1.807) is 0 Å². The first-order valence-electron chi connectivity index (χ1n) is 16.7. The number of unbranched alkanes of at least 4 members (excludes halogenated alkanes) is 3. The van der Waals surface area contributed by atoms with Crippen molar-refractivity contribution in [1.29, 1.82) is 0 Å². The molecule has 0 aliphatic rings. The van der Waals surface area contributed by atoms with Crippen LogP contribution in [0.2, 0.25) is 0 Å². The van der Waals surface area contributed by atoms with Crippen molar-refractivity contribution in [1.82, 2.24) is 4.98 Å². The van der Waals surface area contributed by atoms with Crippen LogP contribution in [0.1, 0.15) is 61.3 Å². The molecule has 0 bridgehead atoms. The van der Waals surface area contributed by atoms with E-state index in [1.807, 2.05) is 12.2 Å². The summed E-state index contributed by atoms with van der Waals surface area (Å²) in [5, 5.41) is 1.25. The van der Waals surface area contributed by atoms with Crippen molar-refractivity contribution in [2.45, 2.75) is 58.4 Å². The van der Waals surface area contributed by atoms with Crippen molar-refractivity contribution in [2.75, 3.05) is 13.2 Å². The van der Waals surface area contributed by atoms with Crippen LogP contribution in [0, 0.1) is 0 Å². The number of nitrogens with zero attached hydrogens (tertiary/aromatic N) is 1. The largest absolute Gasteiger partial charge is 0.493 e. The lowest BCUT2D eigenvalue weighted by atomic mass is 9.97. The molecule has 3 aromatic carbocycles. The van der Waals surface area contributed by atoms with E-state index in [0.717, 1.165) is 73.3 Å². The Morgan fingerprint density at radius 3 is 2.37 bits per heavy atom. The topological polar surface area (TPSA) is 38.1 Å². The number of hydrogen-bond acceptors (Lipinski definition) is 2. The summed E-state index contributed by atoms with van der Waals surface area (Å²) in [6.07, 6.45) is 21.7.